The molecule has 2 unspecified atom stereocenters. The Morgan fingerprint density at radius 2 is 1.07 bits per heavy atom. The molecule has 0 fully saturated rings. The quantitative estimate of drug-likeness (QED) is 0.310. The van der Waals surface area contributed by atoms with Crippen LogP contribution in [0.3, 0.4) is 0 Å². The highest BCUT2D eigenvalue weighted by Gasteiger charge is 2.21. The summed E-state index contributed by atoms with van der Waals surface area (Å²) >= 11 is 2.51. The third-order valence-corrected chi connectivity index (χ3v) is 5.81. The maximum atomic E-state index is 2.56. The molecule has 0 radical (unpaired) electrons. The molecule has 4 heteroatoms. The van der Waals surface area contributed by atoms with Gasteiger partial charge in [0.2, 0.25) is 0 Å². The standard InChI is InChI=1S/C11H26IN2P/c1-8(2)13(9(3)4)15-14(10(5)6)11(7)12/h8-11,15H,1-7H3. The van der Waals surface area contributed by atoms with Gasteiger partial charge in [-0.2, -0.15) is 0 Å². The van der Waals surface area contributed by atoms with Crippen LogP contribution in [0.25, 0.3) is 0 Å². The summed E-state index contributed by atoms with van der Waals surface area (Å²) in [6, 6.07) is 1.87. The van der Waals surface area contributed by atoms with Crippen LogP contribution in [-0.4, -0.2) is 31.5 Å². The van der Waals surface area contributed by atoms with Crippen LogP contribution in [0.15, 0.2) is 0 Å². The minimum Gasteiger partial charge on any atom is -0.267 e. The van der Waals surface area contributed by atoms with E-state index < -0.39 is 0 Å². The molecule has 15 heavy (non-hydrogen) atoms. The Hall–Kier alpha value is 1.08. The Morgan fingerprint density at radius 1 is 0.733 bits per heavy atom. The van der Waals surface area contributed by atoms with Gasteiger partial charge in [-0.3, -0.25) is 9.34 Å². The highest BCUT2D eigenvalue weighted by molar-refractivity contribution is 14.1. The SMILES string of the molecule is CC(C)N(PN(C(C)C)C(C)I)C(C)C. The van der Waals surface area contributed by atoms with Gasteiger partial charge in [-0.05, 0) is 48.5 Å². The fourth-order valence-electron chi connectivity index (χ4n) is 1.57. The van der Waals surface area contributed by atoms with Crippen LogP contribution in [0.4, 0.5) is 0 Å². The monoisotopic (exact) mass is 344 g/mol. The third-order valence-electron chi connectivity index (χ3n) is 2.28. The second-order valence-electron chi connectivity index (χ2n) is 4.77. The van der Waals surface area contributed by atoms with E-state index in [2.05, 4.69) is 80.4 Å². The second-order valence-corrected chi connectivity index (χ2v) is 7.81. The Kier molecular flexibility index (Phi) is 7.95. The zero-order chi connectivity index (χ0) is 12.2. The molecule has 92 valence electrons. The van der Waals surface area contributed by atoms with Crippen LogP contribution in [0.2, 0.25) is 0 Å². The lowest BCUT2D eigenvalue weighted by Crippen LogP contribution is -2.37. The number of nitrogens with zero attached hydrogens (tertiary/aromatic N) is 2. The van der Waals surface area contributed by atoms with E-state index in [1.54, 1.807) is 0 Å². The van der Waals surface area contributed by atoms with E-state index in [-0.39, 0.29) is 0 Å². The lowest BCUT2D eigenvalue weighted by Gasteiger charge is -2.38. The van der Waals surface area contributed by atoms with E-state index in [9.17, 15) is 0 Å². The summed E-state index contributed by atoms with van der Waals surface area (Å²) in [7, 11) is 0.795. The molecule has 0 aromatic carbocycles. The van der Waals surface area contributed by atoms with Crippen molar-refractivity contribution < 1.29 is 0 Å². The molecular formula is C11H26IN2P. The van der Waals surface area contributed by atoms with E-state index in [1.807, 2.05) is 0 Å². The van der Waals surface area contributed by atoms with Gasteiger partial charge in [-0.25, -0.2) is 0 Å². The number of alkyl halides is 1. The number of hydrogen-bond donors (Lipinski definition) is 0. The van der Waals surface area contributed by atoms with Crippen LogP contribution in [0, 0.1) is 0 Å². The van der Waals surface area contributed by atoms with Gasteiger partial charge >= 0.3 is 0 Å². The van der Waals surface area contributed by atoms with Crippen molar-refractivity contribution in [3.8, 4) is 0 Å². The van der Waals surface area contributed by atoms with Gasteiger partial charge < -0.3 is 0 Å². The van der Waals surface area contributed by atoms with Gasteiger partial charge in [0, 0.05) is 27.0 Å². The van der Waals surface area contributed by atoms with E-state index in [0.717, 1.165) is 8.88 Å². The molecule has 0 aliphatic carbocycles. The van der Waals surface area contributed by atoms with Crippen LogP contribution in [0.1, 0.15) is 48.5 Å². The van der Waals surface area contributed by atoms with Crippen LogP contribution < -0.4 is 0 Å². The van der Waals surface area contributed by atoms with Gasteiger partial charge in [0.1, 0.15) is 0 Å². The molecule has 0 amide bonds. The van der Waals surface area contributed by atoms with E-state index in [0.29, 0.717) is 22.2 Å². The third kappa shape index (κ3) is 5.81. The molecule has 0 rings (SSSR count). The number of halogens is 1. The molecule has 0 aliphatic heterocycles. The van der Waals surface area contributed by atoms with E-state index >= 15 is 0 Å². The maximum Gasteiger partial charge on any atom is 0.0637 e. The van der Waals surface area contributed by atoms with Crippen molar-refractivity contribution in [1.82, 2.24) is 9.34 Å². The fraction of sp³-hybridized carbons (Fsp3) is 1.00. The van der Waals surface area contributed by atoms with Crippen molar-refractivity contribution in [1.29, 1.82) is 0 Å². The van der Waals surface area contributed by atoms with E-state index in [1.165, 1.54) is 0 Å². The van der Waals surface area contributed by atoms with Gasteiger partial charge in [0.25, 0.3) is 0 Å². The second kappa shape index (κ2) is 7.41. The average molecular weight is 344 g/mol. The zero-order valence-corrected chi connectivity index (χ0v) is 14.2. The first kappa shape index (κ1) is 16.1. The largest absolute Gasteiger partial charge is 0.267 e. The molecule has 0 aromatic rings. The van der Waals surface area contributed by atoms with Gasteiger partial charge in [0.05, 0.1) is 4.05 Å². The van der Waals surface area contributed by atoms with Crippen LogP contribution >= 0.6 is 31.5 Å². The summed E-state index contributed by atoms with van der Waals surface area (Å²) in [4.78, 5) is 0. The van der Waals surface area contributed by atoms with Crippen molar-refractivity contribution in [2.45, 2.75) is 70.6 Å². The van der Waals surface area contributed by atoms with Crippen molar-refractivity contribution in [2.24, 2.45) is 0 Å². The van der Waals surface area contributed by atoms with Crippen LogP contribution in [0.5, 0.6) is 0 Å². The molecule has 0 N–H and O–H groups in total. The Balaban J connectivity index is 4.48. The highest BCUT2D eigenvalue weighted by Crippen LogP contribution is 2.34. The normalized spacial score (nSPS) is 15.8. The molecule has 2 atom stereocenters. The smallest absolute Gasteiger partial charge is 0.0637 e. The van der Waals surface area contributed by atoms with Gasteiger partial charge in [-0.15, -0.1) is 0 Å². The molecule has 0 aromatic heterocycles. The van der Waals surface area contributed by atoms with Gasteiger partial charge in [-0.1, -0.05) is 22.6 Å². The Bertz CT molecular complexity index is 138. The molecule has 2 nitrogen and oxygen atoms in total. The highest BCUT2D eigenvalue weighted by atomic mass is 127. The fourth-order valence-corrected chi connectivity index (χ4v) is 3.70. The summed E-state index contributed by atoms with van der Waals surface area (Å²) in [5.41, 5.74) is 0. The predicted molar refractivity (Wildman–Crippen MR) is 80.9 cm³/mol. The molecule has 0 spiro atoms. The number of hydrogen-bond acceptors (Lipinski definition) is 2. The zero-order valence-electron chi connectivity index (χ0n) is 11.1. The van der Waals surface area contributed by atoms with Crippen molar-refractivity contribution in [3.05, 3.63) is 0 Å². The molecule has 0 saturated carbocycles. The van der Waals surface area contributed by atoms with Crippen LogP contribution in [-0.2, 0) is 0 Å². The molecule has 0 heterocycles. The summed E-state index contributed by atoms with van der Waals surface area (Å²) in [5.74, 6) is 0. The molecular weight excluding hydrogens is 318 g/mol. The van der Waals surface area contributed by atoms with Crippen molar-refractivity contribution >= 4 is 31.5 Å². The first-order valence-corrected chi connectivity index (χ1v) is 7.88. The minimum atomic E-state index is 0.598. The Morgan fingerprint density at radius 3 is 1.27 bits per heavy atom. The predicted octanol–water partition coefficient (Wildman–Crippen LogP) is 4.11. The Labute approximate surface area is 111 Å². The molecule has 0 saturated heterocycles. The molecule has 0 aliphatic rings. The molecule has 0 bridgehead atoms. The average Bonchev–Trinajstić information content (AvgIpc) is 2.01. The lowest BCUT2D eigenvalue weighted by molar-refractivity contribution is 0.290. The summed E-state index contributed by atoms with van der Waals surface area (Å²) < 4.78 is 5.72. The first-order valence-electron chi connectivity index (χ1n) is 5.74. The topological polar surface area (TPSA) is 6.48 Å². The first-order chi connectivity index (χ1) is 6.77. The maximum absolute atomic E-state index is 2.56. The summed E-state index contributed by atoms with van der Waals surface area (Å²) in [6.45, 7) is 16.0. The summed E-state index contributed by atoms with van der Waals surface area (Å²) in [6.07, 6.45) is 0. The summed E-state index contributed by atoms with van der Waals surface area (Å²) in [5, 5.41) is 0. The van der Waals surface area contributed by atoms with Gasteiger partial charge in [0.15, 0.2) is 0 Å². The van der Waals surface area contributed by atoms with Crippen molar-refractivity contribution in [2.75, 3.05) is 0 Å². The van der Waals surface area contributed by atoms with Crippen molar-refractivity contribution in [3.63, 3.8) is 0 Å². The van der Waals surface area contributed by atoms with E-state index in [4.69, 9.17) is 0 Å². The minimum absolute atomic E-state index is 0.598. The lowest BCUT2D eigenvalue weighted by atomic mass is 10.3. The number of rotatable bonds is 6.